The lowest BCUT2D eigenvalue weighted by Crippen LogP contribution is -2.22. The van der Waals surface area contributed by atoms with Crippen LogP contribution in [-0.2, 0) is 23.2 Å². The van der Waals surface area contributed by atoms with E-state index < -0.39 is 10.0 Å². The maximum absolute atomic E-state index is 11.8. The zero-order valence-electron chi connectivity index (χ0n) is 8.66. The van der Waals surface area contributed by atoms with E-state index >= 15 is 0 Å². The van der Waals surface area contributed by atoms with Gasteiger partial charge in [0.05, 0.1) is 24.2 Å². The summed E-state index contributed by atoms with van der Waals surface area (Å²) in [6, 6.07) is 3.02. The Labute approximate surface area is 102 Å². The third-order valence-electron chi connectivity index (χ3n) is 2.02. The van der Waals surface area contributed by atoms with Crippen molar-refractivity contribution < 1.29 is 18.0 Å². The highest BCUT2D eigenvalue weighted by molar-refractivity contribution is 7.89. The normalized spacial score (nSPS) is 11.8. The minimum absolute atomic E-state index is 0.0483. The third kappa shape index (κ3) is 2.91. The second-order valence-corrected chi connectivity index (χ2v) is 5.97. The highest BCUT2D eigenvalue weighted by Crippen LogP contribution is 2.19. The number of aliphatic hydroxyl groups excluding tert-OH is 1. The summed E-state index contributed by atoms with van der Waals surface area (Å²) in [6.45, 7) is -0.116. The second kappa shape index (κ2) is 4.96. The van der Waals surface area contributed by atoms with Crippen molar-refractivity contribution in [2.75, 3.05) is 0 Å². The minimum Gasteiger partial charge on any atom is -0.391 e. The fraction of sp³-hybridized carbons (Fsp3) is 0.222. The van der Waals surface area contributed by atoms with E-state index in [2.05, 4.69) is 9.88 Å². The number of sulfonamides is 1. The molecule has 0 spiro atoms. The van der Waals surface area contributed by atoms with E-state index in [9.17, 15) is 8.42 Å². The topological polar surface area (TPSA) is 92.4 Å². The molecule has 6 nitrogen and oxygen atoms in total. The predicted molar refractivity (Wildman–Crippen MR) is 60.8 cm³/mol. The van der Waals surface area contributed by atoms with E-state index in [0.717, 1.165) is 0 Å². The summed E-state index contributed by atoms with van der Waals surface area (Å²) in [5, 5.41) is 13.8. The molecular weight excluding hydrogens is 264 g/mol. The zero-order chi connectivity index (χ0) is 12.3. The van der Waals surface area contributed by atoms with E-state index in [0.29, 0.717) is 10.6 Å². The number of thiophene rings is 1. The molecule has 0 radical (unpaired) electrons. The largest absolute Gasteiger partial charge is 0.391 e. The lowest BCUT2D eigenvalue weighted by atomic mass is 10.5. The van der Waals surface area contributed by atoms with Gasteiger partial charge in [0.15, 0.2) is 5.76 Å². The van der Waals surface area contributed by atoms with Crippen molar-refractivity contribution in [3.63, 3.8) is 0 Å². The quantitative estimate of drug-likeness (QED) is 0.837. The molecule has 0 unspecified atom stereocenters. The van der Waals surface area contributed by atoms with Crippen molar-refractivity contribution in [1.82, 2.24) is 9.88 Å². The van der Waals surface area contributed by atoms with Crippen molar-refractivity contribution in [3.05, 3.63) is 34.3 Å². The van der Waals surface area contributed by atoms with Gasteiger partial charge in [-0.2, -0.15) is 0 Å². The van der Waals surface area contributed by atoms with Gasteiger partial charge in [-0.3, -0.25) is 0 Å². The fourth-order valence-corrected chi connectivity index (χ4v) is 3.29. The van der Waals surface area contributed by atoms with Crippen LogP contribution in [0.3, 0.4) is 0 Å². The molecule has 0 aliphatic heterocycles. The second-order valence-electron chi connectivity index (χ2n) is 3.21. The highest BCUT2D eigenvalue weighted by atomic mass is 32.2. The van der Waals surface area contributed by atoms with Gasteiger partial charge in [-0.25, -0.2) is 13.1 Å². The third-order valence-corrected chi connectivity index (χ3v) is 4.47. The molecule has 0 atom stereocenters. The Morgan fingerprint density at radius 2 is 2.35 bits per heavy atom. The first-order valence-corrected chi connectivity index (χ1v) is 7.05. The number of hydrogen-bond acceptors (Lipinski definition) is 6. The molecule has 2 aromatic rings. The summed E-state index contributed by atoms with van der Waals surface area (Å²) in [4.78, 5) is 0.746. The van der Waals surface area contributed by atoms with E-state index in [1.54, 1.807) is 6.07 Å². The molecule has 17 heavy (non-hydrogen) atoms. The smallest absolute Gasteiger partial charge is 0.241 e. The lowest BCUT2D eigenvalue weighted by Gasteiger charge is -2.01. The Bertz CT molecular complexity index is 574. The molecule has 92 valence electrons. The van der Waals surface area contributed by atoms with Gasteiger partial charge in [0, 0.05) is 16.3 Å². The molecule has 0 aromatic carbocycles. The van der Waals surface area contributed by atoms with Crippen LogP contribution < -0.4 is 4.72 Å². The molecule has 0 amide bonds. The van der Waals surface area contributed by atoms with Gasteiger partial charge in [0.2, 0.25) is 10.0 Å². The Morgan fingerprint density at radius 1 is 1.53 bits per heavy atom. The number of nitrogens with one attached hydrogen (secondary N) is 1. The van der Waals surface area contributed by atoms with Gasteiger partial charge in [-0.1, -0.05) is 5.16 Å². The zero-order valence-corrected chi connectivity index (χ0v) is 10.3. The molecule has 8 heteroatoms. The number of hydrogen-bond donors (Lipinski definition) is 2. The van der Waals surface area contributed by atoms with Crippen molar-refractivity contribution in [2.45, 2.75) is 18.0 Å². The molecule has 2 heterocycles. The number of nitrogens with zero attached hydrogens (tertiary/aromatic N) is 1. The predicted octanol–water partition coefficient (Wildman–Crippen LogP) is 0.707. The van der Waals surface area contributed by atoms with Crippen LogP contribution in [0.25, 0.3) is 0 Å². The molecule has 2 aromatic heterocycles. The molecule has 2 N–H and O–H groups in total. The first-order chi connectivity index (χ1) is 8.12. The average Bonchev–Trinajstić information content (AvgIpc) is 2.98. The van der Waals surface area contributed by atoms with Gasteiger partial charge >= 0.3 is 0 Å². The van der Waals surface area contributed by atoms with Gasteiger partial charge in [-0.05, 0) is 6.07 Å². The van der Waals surface area contributed by atoms with Crippen molar-refractivity contribution in [2.24, 2.45) is 0 Å². The standard InChI is InChI=1S/C9H10N2O4S2/c12-5-8-3-9(6-16-8)17(13,14)11-4-7-1-2-10-15-7/h1-3,6,11-12H,4-5H2. The molecule has 0 aliphatic rings. The number of rotatable bonds is 5. The van der Waals surface area contributed by atoms with Crippen LogP contribution in [0.5, 0.6) is 0 Å². The minimum atomic E-state index is -3.56. The Kier molecular flexibility index (Phi) is 3.57. The first-order valence-electron chi connectivity index (χ1n) is 4.69. The number of aromatic nitrogens is 1. The summed E-state index contributed by atoms with van der Waals surface area (Å²) in [5.74, 6) is 0.436. The van der Waals surface area contributed by atoms with Gasteiger partial charge in [-0.15, -0.1) is 11.3 Å². The summed E-state index contributed by atoms with van der Waals surface area (Å²) < 4.78 is 30.8. The van der Waals surface area contributed by atoms with Crippen LogP contribution in [-0.4, -0.2) is 18.7 Å². The molecule has 0 fully saturated rings. The molecule has 0 aliphatic carbocycles. The molecule has 0 saturated carbocycles. The fourth-order valence-electron chi connectivity index (χ4n) is 1.17. The summed E-state index contributed by atoms with van der Waals surface area (Å²) in [5.41, 5.74) is 0. The van der Waals surface area contributed by atoms with Crippen LogP contribution in [0.1, 0.15) is 10.6 Å². The summed E-state index contributed by atoms with van der Waals surface area (Å²) in [7, 11) is -3.56. The Balaban J connectivity index is 2.08. The highest BCUT2D eigenvalue weighted by Gasteiger charge is 2.16. The van der Waals surface area contributed by atoms with Crippen LogP contribution >= 0.6 is 11.3 Å². The van der Waals surface area contributed by atoms with Crippen LogP contribution in [0, 0.1) is 0 Å². The lowest BCUT2D eigenvalue weighted by molar-refractivity contribution is 0.285. The van der Waals surface area contributed by atoms with E-state index in [-0.39, 0.29) is 18.0 Å². The van der Waals surface area contributed by atoms with E-state index in [1.165, 1.54) is 29.0 Å². The molecule has 0 bridgehead atoms. The monoisotopic (exact) mass is 274 g/mol. The molecule has 2 rings (SSSR count). The summed E-state index contributed by atoms with van der Waals surface area (Å²) in [6.07, 6.45) is 1.44. The maximum Gasteiger partial charge on any atom is 0.241 e. The van der Waals surface area contributed by atoms with Crippen LogP contribution in [0.2, 0.25) is 0 Å². The van der Waals surface area contributed by atoms with Gasteiger partial charge < -0.3 is 9.63 Å². The Morgan fingerprint density at radius 3 is 2.94 bits per heavy atom. The summed E-state index contributed by atoms with van der Waals surface area (Å²) >= 11 is 1.19. The SMILES string of the molecule is O=S(=O)(NCc1ccno1)c1csc(CO)c1. The van der Waals surface area contributed by atoms with E-state index in [4.69, 9.17) is 9.63 Å². The van der Waals surface area contributed by atoms with Crippen LogP contribution in [0.4, 0.5) is 0 Å². The average molecular weight is 274 g/mol. The Hall–Kier alpha value is -1.22. The van der Waals surface area contributed by atoms with Gasteiger partial charge in [0.25, 0.3) is 0 Å². The van der Waals surface area contributed by atoms with Crippen LogP contribution in [0.15, 0.2) is 33.1 Å². The van der Waals surface area contributed by atoms with E-state index in [1.807, 2.05) is 0 Å². The first kappa shape index (κ1) is 12.2. The maximum atomic E-state index is 11.8. The van der Waals surface area contributed by atoms with Crippen molar-refractivity contribution in [3.8, 4) is 0 Å². The molecule has 0 saturated heterocycles. The van der Waals surface area contributed by atoms with Crippen molar-refractivity contribution in [1.29, 1.82) is 0 Å². The van der Waals surface area contributed by atoms with Gasteiger partial charge in [0.1, 0.15) is 0 Å². The van der Waals surface area contributed by atoms with Crippen molar-refractivity contribution >= 4 is 21.4 Å². The molecular formula is C9H10N2O4S2. The number of aliphatic hydroxyl groups is 1.